The highest BCUT2D eigenvalue weighted by atomic mass is 32.2. The number of nitrogens with one attached hydrogen (secondary N) is 1. The fourth-order valence-electron chi connectivity index (χ4n) is 2.94. The first-order chi connectivity index (χ1) is 9.06. The van der Waals surface area contributed by atoms with Gasteiger partial charge in [-0.05, 0) is 43.5 Å². The van der Waals surface area contributed by atoms with Crippen molar-refractivity contribution in [2.45, 2.75) is 29.8 Å². The molecule has 3 rings (SSSR count). The van der Waals surface area contributed by atoms with E-state index in [0.29, 0.717) is 10.6 Å². The highest BCUT2D eigenvalue weighted by Gasteiger charge is 2.50. The lowest BCUT2D eigenvalue weighted by Crippen LogP contribution is -2.65. The lowest BCUT2D eigenvalue weighted by atomic mass is 9.97. The summed E-state index contributed by atoms with van der Waals surface area (Å²) in [6, 6.07) is 6.49. The highest BCUT2D eigenvalue weighted by Crippen LogP contribution is 2.39. The summed E-state index contributed by atoms with van der Waals surface area (Å²) < 4.78 is 32.7. The van der Waals surface area contributed by atoms with E-state index < -0.39 is 10.0 Å². The predicted molar refractivity (Wildman–Crippen MR) is 71.5 cm³/mol. The third-order valence-electron chi connectivity index (χ3n) is 4.11. The van der Waals surface area contributed by atoms with Crippen LogP contribution in [-0.2, 0) is 10.0 Å². The zero-order valence-corrected chi connectivity index (χ0v) is 11.7. The van der Waals surface area contributed by atoms with Crippen LogP contribution in [0.4, 0.5) is 0 Å². The van der Waals surface area contributed by atoms with Crippen LogP contribution in [0.1, 0.15) is 19.3 Å². The molecule has 2 aliphatic rings. The Balaban J connectivity index is 1.82. The molecular formula is C13H18N2O3S. The number of ether oxygens (including phenoxy) is 1. The van der Waals surface area contributed by atoms with Crippen molar-refractivity contribution in [3.63, 3.8) is 0 Å². The van der Waals surface area contributed by atoms with Crippen LogP contribution < -0.4 is 9.46 Å². The minimum atomic E-state index is -3.46. The SMILES string of the molecule is COc1ccc(S(=O)(=O)NC23CCCN2CC3)cc1. The van der Waals surface area contributed by atoms with Crippen LogP contribution >= 0.6 is 0 Å². The molecule has 2 heterocycles. The first-order valence-electron chi connectivity index (χ1n) is 6.49. The number of nitrogens with zero attached hydrogens (tertiary/aromatic N) is 1. The Labute approximate surface area is 113 Å². The molecule has 1 aromatic rings. The molecule has 0 aromatic heterocycles. The van der Waals surface area contributed by atoms with E-state index in [1.54, 1.807) is 31.4 Å². The Morgan fingerprint density at radius 3 is 2.47 bits per heavy atom. The second kappa shape index (κ2) is 4.47. The van der Waals surface area contributed by atoms with E-state index in [9.17, 15) is 8.42 Å². The molecule has 2 aliphatic heterocycles. The van der Waals surface area contributed by atoms with Crippen molar-refractivity contribution in [3.8, 4) is 5.75 Å². The van der Waals surface area contributed by atoms with Crippen molar-refractivity contribution in [2.24, 2.45) is 0 Å². The lowest BCUT2D eigenvalue weighted by Gasteiger charge is -2.48. The zero-order chi connectivity index (χ0) is 13.5. The summed E-state index contributed by atoms with van der Waals surface area (Å²) in [5.74, 6) is 0.656. The van der Waals surface area contributed by atoms with Crippen LogP contribution in [0.25, 0.3) is 0 Å². The second-order valence-electron chi connectivity index (χ2n) is 5.15. The van der Waals surface area contributed by atoms with Crippen LogP contribution in [0.3, 0.4) is 0 Å². The second-order valence-corrected chi connectivity index (χ2v) is 6.84. The van der Waals surface area contributed by atoms with Gasteiger partial charge in [0, 0.05) is 13.1 Å². The van der Waals surface area contributed by atoms with Gasteiger partial charge >= 0.3 is 0 Å². The Hall–Kier alpha value is -1.11. The summed E-state index contributed by atoms with van der Waals surface area (Å²) in [7, 11) is -1.90. The van der Waals surface area contributed by atoms with Gasteiger partial charge in [-0.1, -0.05) is 0 Å². The molecule has 0 bridgehead atoms. The molecule has 19 heavy (non-hydrogen) atoms. The van der Waals surface area contributed by atoms with Gasteiger partial charge in [-0.15, -0.1) is 0 Å². The molecule has 0 radical (unpaired) electrons. The van der Waals surface area contributed by atoms with Crippen molar-refractivity contribution < 1.29 is 13.2 Å². The quantitative estimate of drug-likeness (QED) is 0.900. The molecule has 1 N–H and O–H groups in total. The molecule has 2 fully saturated rings. The van der Waals surface area contributed by atoms with Crippen molar-refractivity contribution in [3.05, 3.63) is 24.3 Å². The average Bonchev–Trinajstić information content (AvgIpc) is 2.66. The van der Waals surface area contributed by atoms with Gasteiger partial charge in [0.25, 0.3) is 0 Å². The van der Waals surface area contributed by atoms with E-state index in [1.165, 1.54) is 0 Å². The fraction of sp³-hybridized carbons (Fsp3) is 0.538. The third-order valence-corrected chi connectivity index (χ3v) is 5.65. The monoisotopic (exact) mass is 282 g/mol. The van der Waals surface area contributed by atoms with E-state index in [4.69, 9.17) is 4.74 Å². The Bertz CT molecular complexity index is 570. The third kappa shape index (κ3) is 2.13. The minimum absolute atomic E-state index is 0.293. The molecule has 1 atom stereocenters. The maximum Gasteiger partial charge on any atom is 0.242 e. The number of benzene rings is 1. The van der Waals surface area contributed by atoms with Crippen LogP contribution in [0, 0.1) is 0 Å². The first-order valence-corrected chi connectivity index (χ1v) is 7.97. The maximum absolute atomic E-state index is 12.4. The van der Waals surface area contributed by atoms with Gasteiger partial charge in [-0.2, -0.15) is 4.72 Å². The van der Waals surface area contributed by atoms with E-state index in [2.05, 4.69) is 9.62 Å². The summed E-state index contributed by atoms with van der Waals surface area (Å²) in [6.45, 7) is 1.98. The summed E-state index contributed by atoms with van der Waals surface area (Å²) in [4.78, 5) is 2.51. The Morgan fingerprint density at radius 2 is 1.95 bits per heavy atom. The standard InChI is InChI=1S/C13H18N2O3S/c1-18-11-3-5-12(6-4-11)19(16,17)14-13-7-2-9-15(13)10-8-13/h3-6,14H,2,7-10H2,1H3. The molecule has 0 saturated carbocycles. The van der Waals surface area contributed by atoms with Gasteiger partial charge in [0.15, 0.2) is 0 Å². The maximum atomic E-state index is 12.4. The number of hydrogen-bond donors (Lipinski definition) is 1. The zero-order valence-electron chi connectivity index (χ0n) is 10.9. The molecule has 1 aromatic carbocycles. The average molecular weight is 282 g/mol. The van der Waals surface area contributed by atoms with Gasteiger partial charge in [-0.3, -0.25) is 4.90 Å². The van der Waals surface area contributed by atoms with Crippen molar-refractivity contribution >= 4 is 10.0 Å². The molecule has 5 nitrogen and oxygen atoms in total. The fourth-order valence-corrected chi connectivity index (χ4v) is 4.39. The number of hydrogen-bond acceptors (Lipinski definition) is 4. The Kier molecular flexibility index (Phi) is 3.03. The van der Waals surface area contributed by atoms with Gasteiger partial charge < -0.3 is 4.74 Å². The number of rotatable bonds is 4. The van der Waals surface area contributed by atoms with Crippen LogP contribution in [0.2, 0.25) is 0 Å². The molecule has 0 aliphatic carbocycles. The van der Waals surface area contributed by atoms with Crippen LogP contribution in [-0.4, -0.2) is 39.2 Å². The molecule has 104 valence electrons. The molecule has 0 spiro atoms. The van der Waals surface area contributed by atoms with E-state index in [0.717, 1.165) is 32.4 Å². The van der Waals surface area contributed by atoms with Gasteiger partial charge in [0.1, 0.15) is 5.75 Å². The number of sulfonamides is 1. The smallest absolute Gasteiger partial charge is 0.242 e. The van der Waals surface area contributed by atoms with Crippen molar-refractivity contribution in [1.29, 1.82) is 0 Å². The normalized spacial score (nSPS) is 26.8. The molecule has 2 saturated heterocycles. The lowest BCUT2D eigenvalue weighted by molar-refractivity contribution is 0.0178. The minimum Gasteiger partial charge on any atom is -0.497 e. The van der Waals surface area contributed by atoms with Crippen molar-refractivity contribution in [1.82, 2.24) is 9.62 Å². The molecule has 1 unspecified atom stereocenters. The number of methoxy groups -OCH3 is 1. The Morgan fingerprint density at radius 1 is 1.21 bits per heavy atom. The van der Waals surface area contributed by atoms with E-state index >= 15 is 0 Å². The van der Waals surface area contributed by atoms with E-state index in [-0.39, 0.29) is 5.66 Å². The summed E-state index contributed by atoms with van der Waals surface area (Å²) in [5, 5.41) is 0. The molecule has 6 heteroatoms. The van der Waals surface area contributed by atoms with Gasteiger partial charge in [0.05, 0.1) is 17.7 Å². The van der Waals surface area contributed by atoms with Crippen molar-refractivity contribution in [2.75, 3.05) is 20.2 Å². The van der Waals surface area contributed by atoms with Gasteiger partial charge in [-0.25, -0.2) is 8.42 Å². The van der Waals surface area contributed by atoms with Gasteiger partial charge in [0.2, 0.25) is 10.0 Å². The predicted octanol–water partition coefficient (Wildman–Crippen LogP) is 1.17. The molecular weight excluding hydrogens is 264 g/mol. The first kappa shape index (κ1) is 12.9. The highest BCUT2D eigenvalue weighted by molar-refractivity contribution is 7.89. The topological polar surface area (TPSA) is 58.6 Å². The van der Waals surface area contributed by atoms with Crippen LogP contribution in [0.15, 0.2) is 29.2 Å². The van der Waals surface area contributed by atoms with E-state index in [1.807, 2.05) is 0 Å². The largest absolute Gasteiger partial charge is 0.497 e. The summed E-state index contributed by atoms with van der Waals surface area (Å²) in [5.41, 5.74) is -0.321. The summed E-state index contributed by atoms with van der Waals surface area (Å²) in [6.07, 6.45) is 2.87. The number of fused-ring (bicyclic) bond motifs is 1. The molecule has 0 amide bonds. The van der Waals surface area contributed by atoms with Crippen LogP contribution in [0.5, 0.6) is 5.75 Å². The summed E-state index contributed by atoms with van der Waals surface area (Å²) >= 11 is 0.